The Kier molecular flexibility index (Phi) is 8.15. The van der Waals surface area contributed by atoms with Gasteiger partial charge in [0.15, 0.2) is 0 Å². The molecule has 0 unspecified atom stereocenters. The Bertz CT molecular complexity index is 1410. The van der Waals surface area contributed by atoms with Gasteiger partial charge in [0.25, 0.3) is 10.0 Å². The maximum absolute atomic E-state index is 14.6. The van der Waals surface area contributed by atoms with Crippen molar-refractivity contribution in [2.24, 2.45) is 0 Å². The first kappa shape index (κ1) is 26.6. The first-order chi connectivity index (χ1) is 16.5. The van der Waals surface area contributed by atoms with Crippen molar-refractivity contribution in [3.8, 4) is 5.75 Å². The number of carbonyl (C=O) groups excluding carboxylic acids is 1. The van der Waals surface area contributed by atoms with Gasteiger partial charge in [-0.05, 0) is 55.6 Å². The first-order valence-corrected chi connectivity index (χ1v) is 14.1. The van der Waals surface area contributed by atoms with Gasteiger partial charge in [0, 0.05) is 6.04 Å². The molecule has 0 saturated heterocycles. The molecule has 1 aromatic heterocycles. The average Bonchev–Trinajstić information content (AvgIpc) is 3.33. The molecule has 0 aliphatic carbocycles. The third kappa shape index (κ3) is 6.17. The lowest BCUT2D eigenvalue weighted by Gasteiger charge is -2.24. The summed E-state index contributed by atoms with van der Waals surface area (Å²) < 4.78 is 74.4. The second-order valence-corrected chi connectivity index (χ2v) is 12.3. The molecule has 0 aliphatic heterocycles. The molecule has 35 heavy (non-hydrogen) atoms. The van der Waals surface area contributed by atoms with Crippen molar-refractivity contribution in [3.05, 3.63) is 65.8 Å². The number of sulfonamides is 2. The van der Waals surface area contributed by atoms with E-state index < -0.39 is 38.3 Å². The van der Waals surface area contributed by atoms with Gasteiger partial charge in [0.1, 0.15) is 22.3 Å². The Balaban J connectivity index is 1.96. The fraction of sp³-hybridized carbons (Fsp3) is 0.227. The number of hydrogen-bond donors (Lipinski definition) is 2. The van der Waals surface area contributed by atoms with Gasteiger partial charge in [0.05, 0.1) is 23.4 Å². The predicted octanol–water partition coefficient (Wildman–Crippen LogP) is 3.42. The number of thiophene rings is 1. The lowest BCUT2D eigenvalue weighted by Crippen LogP contribution is -2.38. The molecule has 0 aliphatic rings. The molecule has 0 bridgehead atoms. The van der Waals surface area contributed by atoms with E-state index in [1.807, 2.05) is 0 Å². The quantitative estimate of drug-likeness (QED) is 0.406. The summed E-state index contributed by atoms with van der Waals surface area (Å²) in [7, 11) is -6.81. The molecular weight excluding hydrogens is 517 g/mol. The van der Waals surface area contributed by atoms with Crippen LogP contribution >= 0.6 is 11.3 Å². The van der Waals surface area contributed by atoms with Crippen LogP contribution in [-0.2, 0) is 24.8 Å². The number of rotatable bonds is 10. The molecule has 3 rings (SSSR count). The summed E-state index contributed by atoms with van der Waals surface area (Å²) in [6.07, 6.45) is 0. The summed E-state index contributed by atoms with van der Waals surface area (Å²) in [4.78, 5) is 12.8. The maximum atomic E-state index is 14.6. The van der Waals surface area contributed by atoms with Crippen LogP contribution in [0.25, 0.3) is 0 Å². The van der Waals surface area contributed by atoms with Crippen molar-refractivity contribution in [3.63, 3.8) is 0 Å². The maximum Gasteiger partial charge on any atom is 0.274 e. The van der Waals surface area contributed by atoms with Gasteiger partial charge in [-0.25, -0.2) is 25.9 Å². The molecule has 0 saturated carbocycles. The van der Waals surface area contributed by atoms with Crippen LogP contribution in [-0.4, -0.2) is 42.4 Å². The Labute approximate surface area is 207 Å². The van der Waals surface area contributed by atoms with E-state index >= 15 is 0 Å². The number of nitrogens with one attached hydrogen (secondary N) is 2. The normalized spacial score (nSPS) is 11.9. The fourth-order valence-corrected chi connectivity index (χ4v) is 6.93. The molecule has 0 spiro atoms. The number of para-hydroxylation sites is 1. The third-order valence-electron chi connectivity index (χ3n) is 4.59. The predicted molar refractivity (Wildman–Crippen MR) is 132 cm³/mol. The number of anilines is 2. The van der Waals surface area contributed by atoms with Crippen molar-refractivity contribution in [1.82, 2.24) is 4.72 Å². The highest BCUT2D eigenvalue weighted by molar-refractivity contribution is 7.94. The van der Waals surface area contributed by atoms with E-state index in [1.54, 1.807) is 19.2 Å². The second-order valence-electron chi connectivity index (χ2n) is 7.58. The van der Waals surface area contributed by atoms with E-state index in [4.69, 9.17) is 4.74 Å². The van der Waals surface area contributed by atoms with E-state index in [1.165, 1.54) is 55.6 Å². The second kappa shape index (κ2) is 10.7. The van der Waals surface area contributed by atoms with Crippen molar-refractivity contribution in [1.29, 1.82) is 0 Å². The van der Waals surface area contributed by atoms with Crippen molar-refractivity contribution in [2.45, 2.75) is 29.0 Å². The van der Waals surface area contributed by atoms with Crippen LogP contribution in [0.2, 0.25) is 0 Å². The van der Waals surface area contributed by atoms with E-state index in [2.05, 4.69) is 10.0 Å². The van der Waals surface area contributed by atoms with Crippen LogP contribution in [0.3, 0.4) is 0 Å². The Morgan fingerprint density at radius 2 is 1.80 bits per heavy atom. The van der Waals surface area contributed by atoms with Crippen LogP contribution in [0, 0.1) is 5.82 Å². The van der Waals surface area contributed by atoms with Gasteiger partial charge >= 0.3 is 0 Å². The van der Waals surface area contributed by atoms with Gasteiger partial charge in [-0.15, -0.1) is 11.3 Å². The molecule has 1 heterocycles. The monoisotopic (exact) mass is 541 g/mol. The number of amides is 1. The Morgan fingerprint density at radius 3 is 2.40 bits per heavy atom. The summed E-state index contributed by atoms with van der Waals surface area (Å²) in [5, 5.41) is 4.03. The number of methoxy groups -OCH3 is 1. The van der Waals surface area contributed by atoms with Crippen LogP contribution in [0.15, 0.2) is 69.1 Å². The first-order valence-electron chi connectivity index (χ1n) is 10.3. The minimum atomic E-state index is -4.27. The standard InChI is InChI=1S/C22H24FN3O6S3/c1-15(2)25-34(28,29)16-10-11-20(32-3)18(13-16)24-21(27)14-26(19-8-5-4-7-17(19)23)35(30,31)22-9-6-12-33-22/h4-13,15,25H,14H2,1-3H3,(H,24,27). The zero-order valence-corrected chi connectivity index (χ0v) is 21.5. The van der Waals surface area contributed by atoms with Gasteiger partial charge in [0.2, 0.25) is 15.9 Å². The molecule has 13 heteroatoms. The van der Waals surface area contributed by atoms with Gasteiger partial charge in [-0.3, -0.25) is 9.10 Å². The van der Waals surface area contributed by atoms with Crippen molar-refractivity contribution in [2.75, 3.05) is 23.3 Å². The molecule has 188 valence electrons. The molecule has 0 radical (unpaired) electrons. The van der Waals surface area contributed by atoms with Crippen LogP contribution in [0.4, 0.5) is 15.8 Å². The average molecular weight is 542 g/mol. The minimum Gasteiger partial charge on any atom is -0.495 e. The van der Waals surface area contributed by atoms with Crippen molar-refractivity contribution < 1.29 is 30.8 Å². The summed E-state index contributed by atoms with van der Waals surface area (Å²) in [6, 6.07) is 11.6. The van der Waals surface area contributed by atoms with Gasteiger partial charge < -0.3 is 10.1 Å². The van der Waals surface area contributed by atoms with Gasteiger partial charge in [-0.2, -0.15) is 0 Å². The molecule has 9 nitrogen and oxygen atoms in total. The lowest BCUT2D eigenvalue weighted by atomic mass is 10.3. The van der Waals surface area contributed by atoms with Crippen molar-refractivity contribution >= 4 is 48.7 Å². The van der Waals surface area contributed by atoms with Crippen LogP contribution in [0.5, 0.6) is 5.75 Å². The van der Waals surface area contributed by atoms with Gasteiger partial charge in [-0.1, -0.05) is 18.2 Å². The molecule has 0 atom stereocenters. The molecule has 0 fully saturated rings. The zero-order chi connectivity index (χ0) is 25.8. The molecule has 3 aromatic rings. The van der Waals surface area contributed by atoms with E-state index in [9.17, 15) is 26.0 Å². The van der Waals surface area contributed by atoms with E-state index in [-0.39, 0.29) is 32.3 Å². The smallest absolute Gasteiger partial charge is 0.274 e. The highest BCUT2D eigenvalue weighted by atomic mass is 32.2. The lowest BCUT2D eigenvalue weighted by molar-refractivity contribution is -0.114. The van der Waals surface area contributed by atoms with E-state index in [0.717, 1.165) is 17.4 Å². The number of nitrogens with zero attached hydrogens (tertiary/aromatic N) is 1. The van der Waals surface area contributed by atoms with Crippen LogP contribution < -0.4 is 19.1 Å². The number of halogens is 1. The fourth-order valence-electron chi connectivity index (χ4n) is 3.12. The number of benzene rings is 2. The van der Waals surface area contributed by atoms with E-state index in [0.29, 0.717) is 4.31 Å². The Morgan fingerprint density at radius 1 is 1.09 bits per heavy atom. The molecular formula is C22H24FN3O6S3. The molecule has 2 N–H and O–H groups in total. The largest absolute Gasteiger partial charge is 0.495 e. The number of carbonyl (C=O) groups is 1. The Hall–Kier alpha value is -3.00. The number of hydrogen-bond acceptors (Lipinski definition) is 7. The number of ether oxygens (including phenoxy) is 1. The topological polar surface area (TPSA) is 122 Å². The highest BCUT2D eigenvalue weighted by Crippen LogP contribution is 2.30. The minimum absolute atomic E-state index is 0.00568. The zero-order valence-electron chi connectivity index (χ0n) is 19.1. The molecule has 2 aromatic carbocycles. The highest BCUT2D eigenvalue weighted by Gasteiger charge is 2.30. The summed E-state index contributed by atoms with van der Waals surface area (Å²) in [6.45, 7) is 2.55. The molecule has 1 amide bonds. The summed E-state index contributed by atoms with van der Waals surface area (Å²) >= 11 is 0.928. The third-order valence-corrected chi connectivity index (χ3v) is 9.38. The van der Waals surface area contributed by atoms with Crippen LogP contribution in [0.1, 0.15) is 13.8 Å². The summed E-state index contributed by atoms with van der Waals surface area (Å²) in [5.41, 5.74) is -0.299. The SMILES string of the molecule is COc1ccc(S(=O)(=O)NC(C)C)cc1NC(=O)CN(c1ccccc1F)S(=O)(=O)c1cccs1. The summed E-state index contributed by atoms with van der Waals surface area (Å²) in [5.74, 6) is -1.51.